The van der Waals surface area contributed by atoms with Crippen LogP contribution in [0.2, 0.25) is 5.02 Å². The van der Waals surface area contributed by atoms with Crippen LogP contribution in [0.4, 0.5) is 5.69 Å². The summed E-state index contributed by atoms with van der Waals surface area (Å²) in [6.45, 7) is 1.66. The molecule has 0 saturated carbocycles. The maximum absolute atomic E-state index is 12.8. The number of rotatable bonds is 5. The summed E-state index contributed by atoms with van der Waals surface area (Å²) in [6.07, 6.45) is -0.0615. The molecule has 1 N–H and O–H groups in total. The Bertz CT molecular complexity index is 972. The SMILES string of the molecule is CC1=C(C(=O)OCc2ccccc2)[C@H](c2cc([N+](=O)[O-])ccc2Cl)CC(=O)N1. The minimum absolute atomic E-state index is 0.0615. The summed E-state index contributed by atoms with van der Waals surface area (Å²) in [5.74, 6) is -1.64. The maximum atomic E-state index is 12.8. The number of benzene rings is 2. The van der Waals surface area contributed by atoms with E-state index in [1.165, 1.54) is 18.2 Å². The van der Waals surface area contributed by atoms with Gasteiger partial charge in [0.05, 0.1) is 10.5 Å². The second-order valence-electron chi connectivity index (χ2n) is 6.37. The fraction of sp³-hybridized carbons (Fsp3) is 0.200. The van der Waals surface area contributed by atoms with Gasteiger partial charge in [-0.2, -0.15) is 0 Å². The number of nitro benzene ring substituents is 1. The van der Waals surface area contributed by atoms with Crippen molar-refractivity contribution in [2.75, 3.05) is 0 Å². The number of nitrogens with zero attached hydrogens (tertiary/aromatic N) is 1. The monoisotopic (exact) mass is 400 g/mol. The van der Waals surface area contributed by atoms with Gasteiger partial charge >= 0.3 is 5.97 Å². The van der Waals surface area contributed by atoms with Crippen LogP contribution in [0.25, 0.3) is 0 Å². The smallest absolute Gasteiger partial charge is 0.336 e. The molecule has 0 aromatic heterocycles. The van der Waals surface area contributed by atoms with Crippen molar-refractivity contribution in [3.05, 3.63) is 86.1 Å². The first kappa shape index (κ1) is 19.6. The van der Waals surface area contributed by atoms with E-state index >= 15 is 0 Å². The summed E-state index contributed by atoms with van der Waals surface area (Å²) in [4.78, 5) is 35.4. The molecule has 1 amide bonds. The third-order valence-electron chi connectivity index (χ3n) is 4.47. The molecule has 28 heavy (non-hydrogen) atoms. The van der Waals surface area contributed by atoms with Crippen molar-refractivity contribution in [2.24, 2.45) is 0 Å². The highest BCUT2D eigenvalue weighted by Gasteiger charge is 2.34. The average Bonchev–Trinajstić information content (AvgIpc) is 2.66. The van der Waals surface area contributed by atoms with E-state index in [4.69, 9.17) is 16.3 Å². The molecule has 0 aliphatic carbocycles. The number of non-ortho nitro benzene ring substituents is 1. The number of carbonyl (C=O) groups is 2. The Morgan fingerprint density at radius 1 is 1.29 bits per heavy atom. The van der Waals surface area contributed by atoms with Gasteiger partial charge in [0.1, 0.15) is 6.61 Å². The number of nitrogens with one attached hydrogen (secondary N) is 1. The van der Waals surface area contributed by atoms with Crippen molar-refractivity contribution in [3.63, 3.8) is 0 Å². The van der Waals surface area contributed by atoms with E-state index in [-0.39, 0.29) is 35.2 Å². The molecular weight excluding hydrogens is 384 g/mol. The lowest BCUT2D eigenvalue weighted by Gasteiger charge is -2.27. The zero-order valence-corrected chi connectivity index (χ0v) is 15.7. The number of allylic oxidation sites excluding steroid dienone is 1. The Labute approximate surface area is 166 Å². The summed E-state index contributed by atoms with van der Waals surface area (Å²) in [5.41, 5.74) is 1.58. The van der Waals surface area contributed by atoms with E-state index in [0.717, 1.165) is 5.56 Å². The molecule has 2 aromatic rings. The van der Waals surface area contributed by atoms with Crippen molar-refractivity contribution in [3.8, 4) is 0 Å². The molecule has 0 saturated heterocycles. The average molecular weight is 401 g/mol. The van der Waals surface area contributed by atoms with Crippen LogP contribution < -0.4 is 5.32 Å². The molecule has 0 radical (unpaired) electrons. The first-order chi connectivity index (χ1) is 13.4. The summed E-state index contributed by atoms with van der Waals surface area (Å²) >= 11 is 6.24. The van der Waals surface area contributed by atoms with Gasteiger partial charge in [-0.05, 0) is 24.1 Å². The van der Waals surface area contributed by atoms with Crippen LogP contribution in [0, 0.1) is 10.1 Å². The van der Waals surface area contributed by atoms with E-state index in [0.29, 0.717) is 11.3 Å². The first-order valence-electron chi connectivity index (χ1n) is 8.52. The molecule has 1 aliphatic heterocycles. The number of carbonyl (C=O) groups excluding carboxylic acids is 2. The van der Waals surface area contributed by atoms with Crippen LogP contribution >= 0.6 is 11.6 Å². The zero-order valence-electron chi connectivity index (χ0n) is 15.0. The molecule has 1 heterocycles. The van der Waals surface area contributed by atoms with Crippen LogP contribution in [0.3, 0.4) is 0 Å². The van der Waals surface area contributed by atoms with Crippen LogP contribution in [0.5, 0.6) is 0 Å². The quantitative estimate of drug-likeness (QED) is 0.466. The van der Waals surface area contributed by atoms with Crippen molar-refractivity contribution in [1.29, 1.82) is 0 Å². The number of amides is 1. The Morgan fingerprint density at radius 3 is 2.68 bits per heavy atom. The Kier molecular flexibility index (Phi) is 5.75. The first-order valence-corrected chi connectivity index (χ1v) is 8.90. The lowest BCUT2D eigenvalue weighted by molar-refractivity contribution is -0.384. The third-order valence-corrected chi connectivity index (χ3v) is 4.81. The minimum Gasteiger partial charge on any atom is -0.457 e. The lowest BCUT2D eigenvalue weighted by Crippen LogP contribution is -2.34. The topological polar surface area (TPSA) is 98.5 Å². The van der Waals surface area contributed by atoms with E-state index in [1.54, 1.807) is 6.92 Å². The molecule has 0 fully saturated rings. The van der Waals surface area contributed by atoms with Crippen LogP contribution in [0.15, 0.2) is 59.8 Å². The highest BCUT2D eigenvalue weighted by molar-refractivity contribution is 6.31. The standard InChI is InChI=1S/C20H17ClN2O5/c1-12-19(20(25)28-11-13-5-3-2-4-6-13)16(10-18(24)22-12)15-9-14(23(26)27)7-8-17(15)21/h2-9,16H,10-11H2,1H3,(H,22,24)/t16-/m0/s1. The van der Waals surface area contributed by atoms with Gasteiger partial charge in [0.2, 0.25) is 5.91 Å². The Morgan fingerprint density at radius 2 is 2.00 bits per heavy atom. The van der Waals surface area contributed by atoms with Crippen LogP contribution in [-0.4, -0.2) is 16.8 Å². The lowest BCUT2D eigenvalue weighted by atomic mass is 9.84. The molecule has 7 nitrogen and oxygen atoms in total. The van der Waals surface area contributed by atoms with E-state index in [1.807, 2.05) is 30.3 Å². The summed E-state index contributed by atoms with van der Waals surface area (Å²) in [5, 5.41) is 14.0. The highest BCUT2D eigenvalue weighted by Crippen LogP contribution is 2.38. The number of nitro groups is 1. The van der Waals surface area contributed by atoms with Gasteiger partial charge in [0.15, 0.2) is 0 Å². The summed E-state index contributed by atoms with van der Waals surface area (Å²) < 4.78 is 5.42. The number of halogens is 1. The van der Waals surface area contributed by atoms with Gasteiger partial charge < -0.3 is 10.1 Å². The predicted molar refractivity (Wildman–Crippen MR) is 103 cm³/mol. The molecule has 1 aliphatic rings. The third kappa shape index (κ3) is 4.20. The van der Waals surface area contributed by atoms with E-state index < -0.39 is 16.8 Å². The number of esters is 1. The molecule has 8 heteroatoms. The molecule has 0 unspecified atom stereocenters. The van der Waals surface area contributed by atoms with Gasteiger partial charge in [-0.1, -0.05) is 41.9 Å². The normalized spacial score (nSPS) is 16.5. The van der Waals surface area contributed by atoms with Gasteiger partial charge in [-0.25, -0.2) is 4.79 Å². The Hall–Kier alpha value is -3.19. The van der Waals surface area contributed by atoms with Crippen LogP contribution in [0.1, 0.15) is 30.4 Å². The zero-order chi connectivity index (χ0) is 20.3. The molecule has 3 rings (SSSR count). The number of ether oxygens (including phenoxy) is 1. The van der Waals surface area contributed by atoms with Crippen LogP contribution in [-0.2, 0) is 20.9 Å². The fourth-order valence-corrected chi connectivity index (χ4v) is 3.40. The highest BCUT2D eigenvalue weighted by atomic mass is 35.5. The largest absolute Gasteiger partial charge is 0.457 e. The van der Waals surface area contributed by atoms with E-state index in [9.17, 15) is 19.7 Å². The number of hydrogen-bond acceptors (Lipinski definition) is 5. The minimum atomic E-state index is -0.732. The van der Waals surface area contributed by atoms with E-state index in [2.05, 4.69) is 5.32 Å². The van der Waals surface area contributed by atoms with Gasteiger partial charge in [0, 0.05) is 35.2 Å². The molecule has 0 bridgehead atoms. The second kappa shape index (κ2) is 8.22. The summed E-state index contributed by atoms with van der Waals surface area (Å²) in [6, 6.07) is 13.1. The molecule has 0 spiro atoms. The maximum Gasteiger partial charge on any atom is 0.336 e. The second-order valence-corrected chi connectivity index (χ2v) is 6.78. The van der Waals surface area contributed by atoms with Crippen molar-refractivity contribution < 1.29 is 19.2 Å². The molecular formula is C20H17ClN2O5. The van der Waals surface area contributed by atoms with Crippen molar-refractivity contribution in [2.45, 2.75) is 25.9 Å². The molecule has 2 aromatic carbocycles. The molecule has 1 atom stereocenters. The predicted octanol–water partition coefficient (Wildman–Crippen LogP) is 3.87. The summed E-state index contributed by atoms with van der Waals surface area (Å²) in [7, 11) is 0. The van der Waals surface area contributed by atoms with Crippen molar-refractivity contribution in [1.82, 2.24) is 5.32 Å². The van der Waals surface area contributed by atoms with Gasteiger partial charge in [0.25, 0.3) is 5.69 Å². The molecule has 144 valence electrons. The number of hydrogen-bond donors (Lipinski definition) is 1. The van der Waals surface area contributed by atoms with Gasteiger partial charge in [-0.3, -0.25) is 14.9 Å². The Balaban J connectivity index is 1.94. The van der Waals surface area contributed by atoms with Crippen molar-refractivity contribution >= 4 is 29.2 Å². The fourth-order valence-electron chi connectivity index (χ4n) is 3.15. The van der Waals surface area contributed by atoms with Gasteiger partial charge in [-0.15, -0.1) is 0 Å².